The molecule has 1 aromatic carbocycles. The zero-order valence-corrected chi connectivity index (χ0v) is 14.9. The van der Waals surface area contributed by atoms with Gasteiger partial charge in [0.25, 0.3) is 11.6 Å². The van der Waals surface area contributed by atoms with E-state index in [2.05, 4.69) is 5.32 Å². The van der Waals surface area contributed by atoms with E-state index >= 15 is 0 Å². The third-order valence-electron chi connectivity index (χ3n) is 4.57. The molecule has 0 bridgehead atoms. The number of carboxylic acid groups (broad SMARTS) is 1. The van der Waals surface area contributed by atoms with E-state index < -0.39 is 22.2 Å². The number of benzene rings is 1. The maximum Gasteiger partial charge on any atom is 0.311 e. The van der Waals surface area contributed by atoms with Gasteiger partial charge in [0.15, 0.2) is 0 Å². The maximum absolute atomic E-state index is 12.6. The molecule has 2 N–H and O–H groups in total. The van der Waals surface area contributed by atoms with Crippen molar-refractivity contribution in [2.75, 3.05) is 12.3 Å². The summed E-state index contributed by atoms with van der Waals surface area (Å²) in [5.41, 5.74) is -0.874. The van der Waals surface area contributed by atoms with Gasteiger partial charge in [0.05, 0.1) is 15.9 Å². The van der Waals surface area contributed by atoms with Crippen LogP contribution in [0.15, 0.2) is 23.1 Å². The second-order valence-corrected chi connectivity index (χ2v) is 7.51. The highest BCUT2D eigenvalue weighted by Crippen LogP contribution is 2.36. The van der Waals surface area contributed by atoms with Crippen molar-refractivity contribution >= 4 is 29.3 Å². The number of carbonyl (C=O) groups is 2. The zero-order chi connectivity index (χ0) is 18.4. The first-order chi connectivity index (χ1) is 11.9. The van der Waals surface area contributed by atoms with E-state index in [0.29, 0.717) is 17.7 Å². The van der Waals surface area contributed by atoms with Crippen molar-refractivity contribution < 1.29 is 19.6 Å². The second kappa shape index (κ2) is 8.33. The number of nitrogens with one attached hydrogen (secondary N) is 1. The molecule has 8 heteroatoms. The quantitative estimate of drug-likeness (QED) is 0.434. The summed E-state index contributed by atoms with van der Waals surface area (Å²) < 4.78 is 0. The van der Waals surface area contributed by atoms with Crippen molar-refractivity contribution in [1.29, 1.82) is 0 Å². The van der Waals surface area contributed by atoms with Crippen molar-refractivity contribution in [3.05, 3.63) is 33.9 Å². The summed E-state index contributed by atoms with van der Waals surface area (Å²) in [5.74, 6) is -0.641. The summed E-state index contributed by atoms with van der Waals surface area (Å²) in [6.45, 7) is 1.97. The molecule has 0 heterocycles. The molecule has 1 aromatic rings. The topological polar surface area (TPSA) is 110 Å². The van der Waals surface area contributed by atoms with Crippen LogP contribution in [0.1, 0.15) is 49.4 Å². The smallest absolute Gasteiger partial charge is 0.311 e. The fourth-order valence-corrected chi connectivity index (χ4v) is 3.91. The number of thioether (sulfide) groups is 1. The van der Waals surface area contributed by atoms with Crippen LogP contribution < -0.4 is 5.32 Å². The van der Waals surface area contributed by atoms with Crippen LogP contribution in [0.4, 0.5) is 5.69 Å². The first-order valence-corrected chi connectivity index (χ1v) is 9.31. The van der Waals surface area contributed by atoms with Crippen molar-refractivity contribution in [3.63, 3.8) is 0 Å². The molecule has 0 unspecified atom stereocenters. The number of nitro groups is 1. The van der Waals surface area contributed by atoms with Crippen LogP contribution in [-0.4, -0.2) is 34.2 Å². The minimum atomic E-state index is -0.938. The summed E-state index contributed by atoms with van der Waals surface area (Å²) in [5, 5.41) is 23.3. The van der Waals surface area contributed by atoms with E-state index in [1.54, 1.807) is 6.07 Å². The third kappa shape index (κ3) is 4.50. The van der Waals surface area contributed by atoms with Gasteiger partial charge in [-0.3, -0.25) is 19.7 Å². The van der Waals surface area contributed by atoms with E-state index in [4.69, 9.17) is 0 Å². The molecule has 1 saturated carbocycles. The van der Waals surface area contributed by atoms with Gasteiger partial charge in [-0.05, 0) is 24.7 Å². The second-order valence-electron chi connectivity index (χ2n) is 6.20. The van der Waals surface area contributed by atoms with Crippen molar-refractivity contribution in [2.24, 2.45) is 5.41 Å². The van der Waals surface area contributed by atoms with Crippen LogP contribution >= 0.6 is 11.8 Å². The molecule has 0 aromatic heterocycles. The van der Waals surface area contributed by atoms with Crippen molar-refractivity contribution in [1.82, 2.24) is 5.32 Å². The molecule has 7 nitrogen and oxygen atoms in total. The average molecular weight is 366 g/mol. The normalized spacial score (nSPS) is 16.2. The predicted molar refractivity (Wildman–Crippen MR) is 95.0 cm³/mol. The Morgan fingerprint density at radius 2 is 2.00 bits per heavy atom. The highest BCUT2D eigenvalue weighted by atomic mass is 32.2. The van der Waals surface area contributed by atoms with Crippen LogP contribution in [0.5, 0.6) is 0 Å². The van der Waals surface area contributed by atoms with Gasteiger partial charge in [0, 0.05) is 23.6 Å². The lowest BCUT2D eigenvalue weighted by atomic mass is 9.74. The summed E-state index contributed by atoms with van der Waals surface area (Å²) in [4.78, 5) is 35.4. The Kier molecular flexibility index (Phi) is 6.41. The molecule has 136 valence electrons. The van der Waals surface area contributed by atoms with Gasteiger partial charge in [-0.1, -0.05) is 26.2 Å². The van der Waals surface area contributed by atoms with Crippen LogP contribution in [0.2, 0.25) is 0 Å². The number of hydrogen-bond donors (Lipinski definition) is 2. The Morgan fingerprint density at radius 3 is 2.56 bits per heavy atom. The largest absolute Gasteiger partial charge is 0.481 e. The van der Waals surface area contributed by atoms with Gasteiger partial charge >= 0.3 is 5.97 Å². The maximum atomic E-state index is 12.6. The molecule has 1 fully saturated rings. The number of nitrogens with zero attached hydrogens (tertiary/aromatic N) is 1. The van der Waals surface area contributed by atoms with Gasteiger partial charge in [0.2, 0.25) is 0 Å². The number of hydrogen-bond acceptors (Lipinski definition) is 5. The summed E-state index contributed by atoms with van der Waals surface area (Å²) in [6, 6.07) is 4.19. The molecule has 1 aliphatic rings. The van der Waals surface area contributed by atoms with Gasteiger partial charge in [-0.2, -0.15) is 0 Å². The Balaban J connectivity index is 2.20. The number of nitro benzene ring substituents is 1. The van der Waals surface area contributed by atoms with Crippen LogP contribution in [0, 0.1) is 15.5 Å². The van der Waals surface area contributed by atoms with E-state index in [1.807, 2.05) is 6.92 Å². The Hall–Kier alpha value is -2.09. The highest BCUT2D eigenvalue weighted by Gasteiger charge is 2.40. The van der Waals surface area contributed by atoms with Crippen LogP contribution in [-0.2, 0) is 4.79 Å². The standard InChI is InChI=1S/C17H22N2O5S/c1-2-25-14-7-6-12(19(23)24)10-13(14)15(20)18-11-17(16(21)22)8-4-3-5-9-17/h6-7,10H,2-5,8-9,11H2,1H3,(H,18,20)(H,21,22). The molecule has 2 rings (SSSR count). The molecule has 25 heavy (non-hydrogen) atoms. The summed E-state index contributed by atoms with van der Waals surface area (Å²) >= 11 is 1.42. The minimum Gasteiger partial charge on any atom is -0.481 e. The van der Waals surface area contributed by atoms with Gasteiger partial charge in [-0.15, -0.1) is 11.8 Å². The van der Waals surface area contributed by atoms with Crippen LogP contribution in [0.25, 0.3) is 0 Å². The van der Waals surface area contributed by atoms with Crippen LogP contribution in [0.3, 0.4) is 0 Å². The minimum absolute atomic E-state index is 0.0418. The number of aliphatic carboxylic acids is 1. The molecule has 0 spiro atoms. The molecule has 1 aliphatic carbocycles. The molecule has 0 aliphatic heterocycles. The van der Waals surface area contributed by atoms with Gasteiger partial charge in [0.1, 0.15) is 0 Å². The van der Waals surface area contributed by atoms with E-state index in [9.17, 15) is 24.8 Å². The highest BCUT2D eigenvalue weighted by molar-refractivity contribution is 7.99. The molecule has 1 amide bonds. The first kappa shape index (κ1) is 19.2. The Morgan fingerprint density at radius 1 is 1.32 bits per heavy atom. The zero-order valence-electron chi connectivity index (χ0n) is 14.1. The SMILES string of the molecule is CCSc1ccc([N+](=O)[O-])cc1C(=O)NCC1(C(=O)O)CCCCC1. The molecule has 0 radical (unpaired) electrons. The molecular weight excluding hydrogens is 344 g/mol. The molecule has 0 saturated heterocycles. The number of carboxylic acids is 1. The monoisotopic (exact) mass is 366 g/mol. The number of rotatable bonds is 7. The fraction of sp³-hybridized carbons (Fsp3) is 0.529. The summed E-state index contributed by atoms with van der Waals surface area (Å²) in [6.07, 6.45) is 3.74. The Labute approximate surface area is 150 Å². The fourth-order valence-electron chi connectivity index (χ4n) is 3.13. The number of amides is 1. The number of non-ortho nitro benzene ring substituents is 1. The van der Waals surface area contributed by atoms with Crippen molar-refractivity contribution in [2.45, 2.75) is 43.9 Å². The molecular formula is C17H22N2O5S. The van der Waals surface area contributed by atoms with E-state index in [0.717, 1.165) is 25.0 Å². The summed E-state index contributed by atoms with van der Waals surface area (Å²) in [7, 11) is 0. The lowest BCUT2D eigenvalue weighted by Gasteiger charge is -2.33. The third-order valence-corrected chi connectivity index (χ3v) is 5.53. The lowest BCUT2D eigenvalue weighted by Crippen LogP contribution is -2.44. The van der Waals surface area contributed by atoms with Gasteiger partial charge in [-0.25, -0.2) is 0 Å². The average Bonchev–Trinajstić information content (AvgIpc) is 2.60. The van der Waals surface area contributed by atoms with Crippen molar-refractivity contribution in [3.8, 4) is 0 Å². The van der Waals surface area contributed by atoms with Gasteiger partial charge < -0.3 is 10.4 Å². The predicted octanol–water partition coefficient (Wildman–Crippen LogP) is 3.47. The number of carbonyl (C=O) groups excluding carboxylic acids is 1. The first-order valence-electron chi connectivity index (χ1n) is 8.32. The molecule has 0 atom stereocenters. The van der Waals surface area contributed by atoms with E-state index in [1.165, 1.54) is 23.9 Å². The van der Waals surface area contributed by atoms with E-state index in [-0.39, 0.29) is 17.8 Å². The Bertz CT molecular complexity index is 671. The lowest BCUT2D eigenvalue weighted by molar-refractivity contribution is -0.384.